The van der Waals surface area contributed by atoms with E-state index in [9.17, 15) is 0 Å². The lowest BCUT2D eigenvalue weighted by Crippen LogP contribution is -2.46. The lowest BCUT2D eigenvalue weighted by Gasteiger charge is -2.36. The summed E-state index contributed by atoms with van der Waals surface area (Å²) in [6, 6.07) is 6.87. The van der Waals surface area contributed by atoms with Crippen molar-refractivity contribution in [3.05, 3.63) is 42.4 Å². The molecule has 1 saturated heterocycles. The molecule has 2 saturated carbocycles. The summed E-state index contributed by atoms with van der Waals surface area (Å²) in [6.07, 6.45) is 8.24. The quantitative estimate of drug-likeness (QED) is 0.419. The molecule has 0 unspecified atom stereocenters. The van der Waals surface area contributed by atoms with Crippen LogP contribution < -0.4 is 10.5 Å². The number of rotatable bonds is 7. The van der Waals surface area contributed by atoms with Gasteiger partial charge in [0.15, 0.2) is 0 Å². The van der Waals surface area contributed by atoms with Gasteiger partial charge in [-0.1, -0.05) is 6.58 Å². The number of H-pyrrole nitrogens is 1. The van der Waals surface area contributed by atoms with Crippen LogP contribution in [-0.2, 0) is 0 Å². The molecular formula is C23H30N6O. The van der Waals surface area contributed by atoms with Crippen molar-refractivity contribution in [3.63, 3.8) is 0 Å². The minimum atomic E-state index is -0.0138. The molecule has 30 heavy (non-hydrogen) atoms. The number of nitrogens with zero attached hydrogens (tertiary/aromatic N) is 4. The highest BCUT2D eigenvalue weighted by atomic mass is 16.5. The fourth-order valence-electron chi connectivity index (χ4n) is 4.13. The number of nitrogens with one attached hydrogen (secondary N) is 1. The summed E-state index contributed by atoms with van der Waals surface area (Å²) >= 11 is 0. The minimum absolute atomic E-state index is 0.0138. The van der Waals surface area contributed by atoms with Crippen molar-refractivity contribution in [1.29, 1.82) is 0 Å². The molecule has 2 aliphatic carbocycles. The van der Waals surface area contributed by atoms with Crippen molar-refractivity contribution in [2.24, 2.45) is 10.7 Å². The maximum atomic E-state index is 6.13. The number of piperazine rings is 1. The van der Waals surface area contributed by atoms with Gasteiger partial charge in [-0.3, -0.25) is 10.00 Å². The molecule has 2 aromatic rings. The number of fused-ring (bicyclic) bond motifs is 1. The Morgan fingerprint density at radius 1 is 1.30 bits per heavy atom. The van der Waals surface area contributed by atoms with Crippen LogP contribution in [0.15, 0.2) is 41.7 Å². The lowest BCUT2D eigenvalue weighted by atomic mass is 10.1. The van der Waals surface area contributed by atoms with Crippen molar-refractivity contribution in [1.82, 2.24) is 20.0 Å². The van der Waals surface area contributed by atoms with Crippen molar-refractivity contribution in [2.45, 2.75) is 44.2 Å². The molecule has 0 atom stereocenters. The normalized spacial score (nSPS) is 22.0. The first-order chi connectivity index (χ1) is 14.5. The average molecular weight is 407 g/mol. The van der Waals surface area contributed by atoms with E-state index in [-0.39, 0.29) is 5.60 Å². The fraction of sp³-hybridized carbons (Fsp3) is 0.478. The summed E-state index contributed by atoms with van der Waals surface area (Å²) in [4.78, 5) is 9.30. The highest BCUT2D eigenvalue weighted by Gasteiger charge is 2.40. The van der Waals surface area contributed by atoms with E-state index in [4.69, 9.17) is 10.5 Å². The largest absolute Gasteiger partial charge is 0.488 e. The number of nitrogens with two attached hydrogens (primary N) is 1. The van der Waals surface area contributed by atoms with Gasteiger partial charge in [-0.05, 0) is 62.5 Å². The standard InChI is InChI=1S/C23H30N6O/c1-16(13-21(25-15-24)29-11-9-28(10-12-29)17-3-4-17)22-19-14-18(30-23(2)7-8-23)5-6-20(19)26-27-22/h5-6,13-15,17H,1,3-4,7-12H2,2H3,(H2,24,25)(H,26,27)/b21-13+. The number of allylic oxidation sites excluding steroid dienone is 2. The summed E-state index contributed by atoms with van der Waals surface area (Å²) in [6.45, 7) is 10.5. The van der Waals surface area contributed by atoms with Gasteiger partial charge in [-0.2, -0.15) is 5.10 Å². The summed E-state index contributed by atoms with van der Waals surface area (Å²) < 4.78 is 6.13. The zero-order valence-corrected chi connectivity index (χ0v) is 17.6. The second kappa shape index (κ2) is 7.47. The van der Waals surface area contributed by atoms with E-state index in [1.54, 1.807) is 0 Å². The van der Waals surface area contributed by atoms with Gasteiger partial charge < -0.3 is 15.4 Å². The molecular weight excluding hydrogens is 376 g/mol. The van der Waals surface area contributed by atoms with E-state index in [1.165, 1.54) is 19.2 Å². The van der Waals surface area contributed by atoms with Crippen molar-refractivity contribution in [2.75, 3.05) is 26.2 Å². The second-order valence-electron chi connectivity index (χ2n) is 8.89. The molecule has 5 rings (SSSR count). The number of aromatic amines is 1. The molecule has 0 radical (unpaired) electrons. The van der Waals surface area contributed by atoms with Crippen molar-refractivity contribution in [3.8, 4) is 5.75 Å². The van der Waals surface area contributed by atoms with E-state index in [1.807, 2.05) is 18.2 Å². The second-order valence-corrected chi connectivity index (χ2v) is 8.89. The molecule has 158 valence electrons. The number of hydrogen-bond acceptors (Lipinski definition) is 5. The molecule has 0 bridgehead atoms. The van der Waals surface area contributed by atoms with Crippen LogP contribution in [0.5, 0.6) is 5.75 Å². The third-order valence-corrected chi connectivity index (χ3v) is 6.37. The minimum Gasteiger partial charge on any atom is -0.488 e. The van der Waals surface area contributed by atoms with Crippen LogP contribution in [0.25, 0.3) is 16.5 Å². The molecule has 7 nitrogen and oxygen atoms in total. The maximum absolute atomic E-state index is 6.13. The number of ether oxygens (including phenoxy) is 1. The van der Waals surface area contributed by atoms with Gasteiger partial charge in [0, 0.05) is 37.6 Å². The van der Waals surface area contributed by atoms with E-state index < -0.39 is 0 Å². The first kappa shape index (κ1) is 19.2. The van der Waals surface area contributed by atoms with Crippen LogP contribution in [0.3, 0.4) is 0 Å². The van der Waals surface area contributed by atoms with Crippen LogP contribution >= 0.6 is 0 Å². The number of hydrogen-bond donors (Lipinski definition) is 2. The van der Waals surface area contributed by atoms with E-state index >= 15 is 0 Å². The highest BCUT2D eigenvalue weighted by molar-refractivity contribution is 5.93. The van der Waals surface area contributed by atoms with E-state index in [2.05, 4.69) is 44.6 Å². The molecule has 0 spiro atoms. The van der Waals surface area contributed by atoms with Gasteiger partial charge in [0.25, 0.3) is 0 Å². The van der Waals surface area contributed by atoms with Crippen LogP contribution in [-0.4, -0.2) is 64.2 Å². The molecule has 1 aromatic heterocycles. The van der Waals surface area contributed by atoms with E-state index in [0.717, 1.165) is 78.8 Å². The molecule has 2 heterocycles. The molecule has 3 aliphatic rings. The summed E-state index contributed by atoms with van der Waals surface area (Å²) in [7, 11) is 0. The van der Waals surface area contributed by atoms with Gasteiger partial charge in [-0.25, -0.2) is 4.99 Å². The van der Waals surface area contributed by atoms with Gasteiger partial charge >= 0.3 is 0 Å². The Morgan fingerprint density at radius 3 is 2.73 bits per heavy atom. The van der Waals surface area contributed by atoms with Gasteiger partial charge in [0.1, 0.15) is 17.2 Å². The summed E-state index contributed by atoms with van der Waals surface area (Å²) in [5.74, 6) is 1.71. The topological polar surface area (TPSA) is 82.8 Å². The SMILES string of the molecule is C=C(/C=C(\N=CN)N1CCN(C2CC2)CC1)c1n[nH]c2ccc(OC3(C)CC3)cc12. The predicted octanol–water partition coefficient (Wildman–Crippen LogP) is 3.12. The number of benzene rings is 1. The fourth-order valence-corrected chi connectivity index (χ4v) is 4.13. The summed E-state index contributed by atoms with van der Waals surface area (Å²) in [5.41, 5.74) is 8.23. The third-order valence-electron chi connectivity index (χ3n) is 6.37. The summed E-state index contributed by atoms with van der Waals surface area (Å²) in [5, 5.41) is 8.63. The van der Waals surface area contributed by atoms with Crippen LogP contribution in [0.1, 0.15) is 38.3 Å². The first-order valence-electron chi connectivity index (χ1n) is 10.9. The highest BCUT2D eigenvalue weighted by Crippen LogP contribution is 2.40. The Kier molecular flexibility index (Phi) is 4.77. The molecule has 0 amide bonds. The van der Waals surface area contributed by atoms with Crippen LogP contribution in [0, 0.1) is 0 Å². The smallest absolute Gasteiger partial charge is 0.130 e. The first-order valence-corrected chi connectivity index (χ1v) is 10.9. The molecule has 1 aliphatic heterocycles. The van der Waals surface area contributed by atoms with Gasteiger partial charge in [-0.15, -0.1) is 0 Å². The number of aliphatic imine (C=N–C) groups is 1. The van der Waals surface area contributed by atoms with Crippen LogP contribution in [0.4, 0.5) is 0 Å². The Labute approximate surface area is 177 Å². The molecule has 3 N–H and O–H groups in total. The zero-order valence-electron chi connectivity index (χ0n) is 17.6. The Bertz CT molecular complexity index is 1010. The Morgan fingerprint density at radius 2 is 2.07 bits per heavy atom. The van der Waals surface area contributed by atoms with Gasteiger partial charge in [0.2, 0.25) is 0 Å². The monoisotopic (exact) mass is 406 g/mol. The van der Waals surface area contributed by atoms with Gasteiger partial charge in [0.05, 0.1) is 17.5 Å². The van der Waals surface area contributed by atoms with Crippen molar-refractivity contribution < 1.29 is 4.74 Å². The molecule has 1 aromatic carbocycles. The molecule has 7 heteroatoms. The molecule has 3 fully saturated rings. The van der Waals surface area contributed by atoms with E-state index in [0.29, 0.717) is 0 Å². The van der Waals surface area contributed by atoms with Crippen LogP contribution in [0.2, 0.25) is 0 Å². The predicted molar refractivity (Wildman–Crippen MR) is 120 cm³/mol. The maximum Gasteiger partial charge on any atom is 0.130 e. The average Bonchev–Trinajstić information content (AvgIpc) is 3.67. The van der Waals surface area contributed by atoms with Crippen molar-refractivity contribution >= 4 is 22.8 Å². The zero-order chi connectivity index (χ0) is 20.7. The number of aromatic nitrogens is 2. The third kappa shape index (κ3) is 3.94. The Balaban J connectivity index is 1.37. The Hall–Kier alpha value is -2.80. The lowest BCUT2D eigenvalue weighted by molar-refractivity contribution is 0.151.